The molecule has 1 fully saturated rings. The fourth-order valence-electron chi connectivity index (χ4n) is 2.44. The van der Waals surface area contributed by atoms with Crippen molar-refractivity contribution in [1.29, 1.82) is 0 Å². The van der Waals surface area contributed by atoms with Crippen LogP contribution in [0.5, 0.6) is 11.5 Å². The molecule has 1 saturated heterocycles. The molecule has 1 atom stereocenters. The predicted octanol–water partition coefficient (Wildman–Crippen LogP) is 0.562. The molecular weight excluding hydrogens is 260 g/mol. The van der Waals surface area contributed by atoms with Crippen molar-refractivity contribution in [2.75, 3.05) is 33.9 Å². The normalized spacial score (nSPS) is 19.6. The summed E-state index contributed by atoms with van der Waals surface area (Å²) in [5.41, 5.74) is 0.998. The molecule has 0 radical (unpaired) electrons. The number of hydrogen-bond donors (Lipinski definition) is 2. The molecule has 6 heteroatoms. The van der Waals surface area contributed by atoms with Crippen LogP contribution in [0.25, 0.3) is 0 Å². The molecule has 0 spiro atoms. The van der Waals surface area contributed by atoms with Crippen LogP contribution >= 0.6 is 0 Å². The SMILES string of the molecule is COc1cccc(CN2CCN[C@H](C(=O)O)C2)c1OC. The van der Waals surface area contributed by atoms with E-state index >= 15 is 0 Å². The van der Waals surface area contributed by atoms with Crippen molar-refractivity contribution in [1.82, 2.24) is 10.2 Å². The van der Waals surface area contributed by atoms with Crippen molar-refractivity contribution in [3.63, 3.8) is 0 Å². The van der Waals surface area contributed by atoms with Gasteiger partial charge in [0.25, 0.3) is 0 Å². The zero-order chi connectivity index (χ0) is 14.5. The summed E-state index contributed by atoms with van der Waals surface area (Å²) in [5.74, 6) is 0.586. The first-order chi connectivity index (χ1) is 9.65. The zero-order valence-electron chi connectivity index (χ0n) is 11.8. The second kappa shape index (κ2) is 6.58. The van der Waals surface area contributed by atoms with Gasteiger partial charge in [-0.1, -0.05) is 12.1 Å². The molecule has 1 aliphatic rings. The van der Waals surface area contributed by atoms with E-state index in [2.05, 4.69) is 10.2 Å². The number of aliphatic carboxylic acids is 1. The Hall–Kier alpha value is -1.79. The van der Waals surface area contributed by atoms with Crippen LogP contribution in [-0.4, -0.2) is 55.9 Å². The molecule has 1 heterocycles. The number of methoxy groups -OCH3 is 2. The van der Waals surface area contributed by atoms with Crippen molar-refractivity contribution in [3.8, 4) is 11.5 Å². The number of hydrogen-bond acceptors (Lipinski definition) is 5. The highest BCUT2D eigenvalue weighted by molar-refractivity contribution is 5.73. The lowest BCUT2D eigenvalue weighted by Crippen LogP contribution is -2.53. The van der Waals surface area contributed by atoms with Crippen LogP contribution in [-0.2, 0) is 11.3 Å². The van der Waals surface area contributed by atoms with Crippen molar-refractivity contribution >= 4 is 5.97 Å². The average Bonchev–Trinajstić information content (AvgIpc) is 2.47. The molecule has 0 amide bonds. The van der Waals surface area contributed by atoms with Crippen LogP contribution < -0.4 is 14.8 Å². The molecule has 6 nitrogen and oxygen atoms in total. The summed E-state index contributed by atoms with van der Waals surface area (Å²) < 4.78 is 10.7. The second-order valence-electron chi connectivity index (χ2n) is 4.73. The highest BCUT2D eigenvalue weighted by atomic mass is 16.5. The number of rotatable bonds is 5. The molecule has 20 heavy (non-hydrogen) atoms. The van der Waals surface area contributed by atoms with Gasteiger partial charge in [0.05, 0.1) is 14.2 Å². The number of nitrogens with one attached hydrogen (secondary N) is 1. The maximum atomic E-state index is 11.0. The highest BCUT2D eigenvalue weighted by Gasteiger charge is 2.25. The maximum Gasteiger partial charge on any atom is 0.322 e. The quantitative estimate of drug-likeness (QED) is 0.821. The molecular formula is C14H20N2O4. The van der Waals surface area contributed by atoms with Gasteiger partial charge in [-0.2, -0.15) is 0 Å². The van der Waals surface area contributed by atoms with E-state index in [0.29, 0.717) is 31.1 Å². The maximum absolute atomic E-state index is 11.0. The first kappa shape index (κ1) is 14.6. The van der Waals surface area contributed by atoms with E-state index in [0.717, 1.165) is 12.1 Å². The Balaban J connectivity index is 2.11. The van der Waals surface area contributed by atoms with Gasteiger partial charge in [-0.15, -0.1) is 0 Å². The third-order valence-corrected chi connectivity index (χ3v) is 3.44. The molecule has 2 N–H and O–H groups in total. The number of carbonyl (C=O) groups is 1. The van der Waals surface area contributed by atoms with Gasteiger partial charge >= 0.3 is 5.97 Å². The van der Waals surface area contributed by atoms with Gasteiger partial charge in [-0.05, 0) is 6.07 Å². The summed E-state index contributed by atoms with van der Waals surface area (Å²) in [6, 6.07) is 5.22. The first-order valence-electron chi connectivity index (χ1n) is 6.54. The van der Waals surface area contributed by atoms with Gasteiger partial charge in [0.2, 0.25) is 0 Å². The summed E-state index contributed by atoms with van der Waals surface area (Å²) in [6.07, 6.45) is 0. The van der Waals surface area contributed by atoms with Gasteiger partial charge in [0.15, 0.2) is 11.5 Å². The number of ether oxygens (including phenoxy) is 2. The Labute approximate surface area is 118 Å². The standard InChI is InChI=1S/C14H20N2O4/c1-19-12-5-3-4-10(13(12)20-2)8-16-7-6-15-11(9-16)14(17)18/h3-5,11,15H,6-9H2,1-2H3,(H,17,18)/t11-/m0/s1. The summed E-state index contributed by atoms with van der Waals surface area (Å²) >= 11 is 0. The minimum Gasteiger partial charge on any atom is -0.493 e. The third kappa shape index (κ3) is 3.20. The van der Waals surface area contributed by atoms with Crippen molar-refractivity contribution < 1.29 is 19.4 Å². The highest BCUT2D eigenvalue weighted by Crippen LogP contribution is 2.31. The molecule has 0 aliphatic carbocycles. The number of benzene rings is 1. The van der Waals surface area contributed by atoms with Gasteiger partial charge < -0.3 is 19.9 Å². The summed E-state index contributed by atoms with van der Waals surface area (Å²) in [5, 5.41) is 12.1. The molecule has 0 bridgehead atoms. The Kier molecular flexibility index (Phi) is 4.81. The Bertz CT molecular complexity index is 478. The van der Waals surface area contributed by atoms with E-state index in [4.69, 9.17) is 14.6 Å². The molecule has 1 aromatic carbocycles. The van der Waals surface area contributed by atoms with Crippen molar-refractivity contribution in [2.45, 2.75) is 12.6 Å². The second-order valence-corrected chi connectivity index (χ2v) is 4.73. The van der Waals surface area contributed by atoms with Crippen LogP contribution in [0.2, 0.25) is 0 Å². The molecule has 110 valence electrons. The van der Waals surface area contributed by atoms with E-state index in [9.17, 15) is 4.79 Å². The molecule has 0 aromatic heterocycles. The van der Waals surface area contributed by atoms with E-state index in [-0.39, 0.29) is 0 Å². The lowest BCUT2D eigenvalue weighted by molar-refractivity contribution is -0.140. The zero-order valence-corrected chi connectivity index (χ0v) is 11.8. The smallest absolute Gasteiger partial charge is 0.322 e. The van der Waals surface area contributed by atoms with Gasteiger partial charge in [-0.25, -0.2) is 0 Å². The van der Waals surface area contributed by atoms with Crippen LogP contribution in [0.4, 0.5) is 0 Å². The minimum absolute atomic E-state index is 0.482. The molecule has 2 rings (SSSR count). The van der Waals surface area contributed by atoms with Crippen molar-refractivity contribution in [2.24, 2.45) is 0 Å². The first-order valence-corrected chi connectivity index (χ1v) is 6.54. The van der Waals surface area contributed by atoms with E-state index < -0.39 is 12.0 Å². The number of piperazine rings is 1. The largest absolute Gasteiger partial charge is 0.493 e. The van der Waals surface area contributed by atoms with Gasteiger partial charge in [0.1, 0.15) is 6.04 Å². The lowest BCUT2D eigenvalue weighted by atomic mass is 10.1. The fourth-order valence-corrected chi connectivity index (χ4v) is 2.44. The number of carboxylic acid groups (broad SMARTS) is 1. The summed E-state index contributed by atoms with van der Waals surface area (Å²) in [4.78, 5) is 13.1. The van der Waals surface area contributed by atoms with Crippen LogP contribution in [0.1, 0.15) is 5.56 Å². The summed E-state index contributed by atoms with van der Waals surface area (Å²) in [6.45, 7) is 2.61. The lowest BCUT2D eigenvalue weighted by Gasteiger charge is -2.31. The topological polar surface area (TPSA) is 71.0 Å². The van der Waals surface area contributed by atoms with Gasteiger partial charge in [0, 0.05) is 31.7 Å². The number of nitrogens with zero attached hydrogens (tertiary/aromatic N) is 1. The third-order valence-electron chi connectivity index (χ3n) is 3.44. The molecule has 0 saturated carbocycles. The minimum atomic E-state index is -0.813. The van der Waals surface area contributed by atoms with E-state index in [1.54, 1.807) is 14.2 Å². The van der Waals surface area contributed by atoms with E-state index in [1.807, 2.05) is 18.2 Å². The van der Waals surface area contributed by atoms with Crippen LogP contribution in [0, 0.1) is 0 Å². The van der Waals surface area contributed by atoms with Gasteiger partial charge in [-0.3, -0.25) is 9.69 Å². The average molecular weight is 280 g/mol. The Morgan fingerprint density at radius 1 is 1.45 bits per heavy atom. The summed E-state index contributed by atoms with van der Waals surface area (Å²) in [7, 11) is 3.21. The predicted molar refractivity (Wildman–Crippen MR) is 74.2 cm³/mol. The molecule has 0 unspecified atom stereocenters. The van der Waals surface area contributed by atoms with Crippen molar-refractivity contribution in [3.05, 3.63) is 23.8 Å². The fraction of sp³-hybridized carbons (Fsp3) is 0.500. The van der Waals surface area contributed by atoms with Crippen LogP contribution in [0.15, 0.2) is 18.2 Å². The Morgan fingerprint density at radius 2 is 2.25 bits per heavy atom. The molecule has 1 aromatic rings. The monoisotopic (exact) mass is 280 g/mol. The number of para-hydroxylation sites is 1. The molecule has 1 aliphatic heterocycles. The van der Waals surface area contributed by atoms with Crippen LogP contribution in [0.3, 0.4) is 0 Å². The number of carboxylic acids is 1. The Morgan fingerprint density at radius 3 is 2.90 bits per heavy atom. The van der Waals surface area contributed by atoms with E-state index in [1.165, 1.54) is 0 Å².